The summed E-state index contributed by atoms with van der Waals surface area (Å²) in [6.07, 6.45) is -7.06. The molecule has 1 aliphatic carbocycles. The van der Waals surface area contributed by atoms with Crippen LogP contribution in [0.25, 0.3) is 0 Å². The molecule has 0 unspecified atom stereocenters. The van der Waals surface area contributed by atoms with Crippen molar-refractivity contribution in [1.82, 2.24) is 19.6 Å². The first-order valence-electron chi connectivity index (χ1n) is 15.2. The Hall–Kier alpha value is -3.35. The van der Waals surface area contributed by atoms with E-state index in [0.29, 0.717) is 56.7 Å². The molecule has 2 aliphatic heterocycles. The van der Waals surface area contributed by atoms with E-state index < -0.39 is 47.4 Å². The number of carbonyl (C=O) groups is 2. The summed E-state index contributed by atoms with van der Waals surface area (Å²) in [6, 6.07) is 3.53. The Bertz CT molecular complexity index is 1380. The highest BCUT2D eigenvalue weighted by atomic mass is 19.4. The van der Waals surface area contributed by atoms with E-state index in [0.717, 1.165) is 23.3 Å². The van der Waals surface area contributed by atoms with Crippen LogP contribution in [-0.2, 0) is 17.1 Å². The maximum Gasteiger partial charge on any atom is 0.416 e. The van der Waals surface area contributed by atoms with E-state index in [-0.39, 0.29) is 36.0 Å². The van der Waals surface area contributed by atoms with Gasteiger partial charge in [-0.3, -0.25) is 9.69 Å². The summed E-state index contributed by atoms with van der Waals surface area (Å²) in [5, 5.41) is 0. The molecule has 0 radical (unpaired) electrons. The van der Waals surface area contributed by atoms with Gasteiger partial charge >= 0.3 is 18.4 Å². The van der Waals surface area contributed by atoms with Crippen LogP contribution in [0.3, 0.4) is 0 Å². The van der Waals surface area contributed by atoms with Crippen LogP contribution in [-0.4, -0.2) is 77.4 Å². The summed E-state index contributed by atoms with van der Waals surface area (Å²) in [6.45, 7) is 6.00. The van der Waals surface area contributed by atoms with Crippen LogP contribution < -0.4 is 0 Å². The molecule has 0 spiro atoms. The minimum atomic E-state index is -5.01. The molecule has 2 aromatic carbocycles. The summed E-state index contributed by atoms with van der Waals surface area (Å²) < 4.78 is 95.3. The van der Waals surface area contributed by atoms with Gasteiger partial charge in [0.05, 0.1) is 23.2 Å². The second-order valence-electron chi connectivity index (χ2n) is 12.4. The Balaban J connectivity index is 1.38. The molecule has 2 saturated heterocycles. The molecule has 3 aliphatic rings. The number of benzene rings is 2. The van der Waals surface area contributed by atoms with Gasteiger partial charge in [-0.25, -0.2) is 9.18 Å². The largest absolute Gasteiger partial charge is 0.416 e. The Labute approximate surface area is 257 Å². The average Bonchev–Trinajstić information content (AvgIpc) is 3.84. The quantitative estimate of drug-likeness (QED) is 0.329. The number of aryl methyl sites for hydroxylation is 1. The molecule has 13 heteroatoms. The van der Waals surface area contributed by atoms with Crippen molar-refractivity contribution in [3.05, 3.63) is 70.0 Å². The highest BCUT2D eigenvalue weighted by Crippen LogP contribution is 2.40. The molecule has 246 valence electrons. The van der Waals surface area contributed by atoms with Crippen molar-refractivity contribution in [3.63, 3.8) is 0 Å². The molecule has 2 heterocycles. The molecule has 0 bridgehead atoms. The van der Waals surface area contributed by atoms with Gasteiger partial charge in [-0.1, -0.05) is 6.07 Å². The van der Waals surface area contributed by atoms with E-state index in [4.69, 9.17) is 0 Å². The van der Waals surface area contributed by atoms with Crippen molar-refractivity contribution in [1.29, 1.82) is 0 Å². The predicted molar refractivity (Wildman–Crippen MR) is 153 cm³/mol. The van der Waals surface area contributed by atoms with E-state index >= 15 is 0 Å². The number of amides is 3. The topological polar surface area (TPSA) is 47.1 Å². The van der Waals surface area contributed by atoms with Crippen LogP contribution in [0.1, 0.15) is 72.5 Å². The van der Waals surface area contributed by atoms with Gasteiger partial charge in [0.15, 0.2) is 0 Å². The zero-order valence-corrected chi connectivity index (χ0v) is 25.4. The van der Waals surface area contributed by atoms with E-state index in [9.17, 15) is 40.3 Å². The number of hydrogen-bond acceptors (Lipinski definition) is 3. The number of nitrogens with zero attached hydrogens (tertiary/aromatic N) is 4. The lowest BCUT2D eigenvalue weighted by Gasteiger charge is -2.47. The lowest BCUT2D eigenvalue weighted by atomic mass is 9.88. The fourth-order valence-corrected chi connectivity index (χ4v) is 6.52. The zero-order chi connectivity index (χ0) is 32.8. The summed E-state index contributed by atoms with van der Waals surface area (Å²) in [5.74, 6) is -0.0872. The number of alkyl halides is 6. The van der Waals surface area contributed by atoms with Crippen LogP contribution in [0.2, 0.25) is 0 Å². The fraction of sp³-hybridized carbons (Fsp3) is 0.562. The maximum atomic E-state index is 14.1. The zero-order valence-electron chi connectivity index (χ0n) is 25.4. The van der Waals surface area contributed by atoms with Gasteiger partial charge in [0.25, 0.3) is 0 Å². The third-order valence-electron chi connectivity index (χ3n) is 9.46. The van der Waals surface area contributed by atoms with Crippen molar-refractivity contribution in [3.8, 4) is 0 Å². The second-order valence-corrected chi connectivity index (χ2v) is 12.4. The Morgan fingerprint density at radius 1 is 0.867 bits per heavy atom. The minimum absolute atomic E-state index is 0.0576. The number of hydrogen-bond donors (Lipinski definition) is 0. The van der Waals surface area contributed by atoms with E-state index in [2.05, 4.69) is 4.90 Å². The molecule has 0 aromatic heterocycles. The van der Waals surface area contributed by atoms with Gasteiger partial charge in [0, 0.05) is 51.7 Å². The molecule has 3 amide bonds. The molecule has 45 heavy (non-hydrogen) atoms. The first kappa shape index (κ1) is 33.0. The summed E-state index contributed by atoms with van der Waals surface area (Å²) in [7, 11) is 1.36. The molecular weight excluding hydrogens is 605 g/mol. The number of piperidine rings is 1. The smallest absolute Gasteiger partial charge is 0.340 e. The SMILES string of the molecule is Cc1cc(F)ccc1[C@H]1C[C@@H](N2CCN(C(=O)C3CC3)CC2)CCN1C(=O)N(C)[C@H](C)c1cc(C(F)(F)F)cc(C(F)(F)F)c1. The molecule has 3 atom stereocenters. The van der Waals surface area contributed by atoms with Crippen molar-refractivity contribution in [2.45, 2.75) is 70.0 Å². The number of piperazine rings is 1. The summed E-state index contributed by atoms with van der Waals surface area (Å²) in [4.78, 5) is 33.5. The van der Waals surface area contributed by atoms with Crippen molar-refractivity contribution < 1.29 is 40.3 Å². The molecule has 6 nitrogen and oxygen atoms in total. The number of rotatable bonds is 5. The molecule has 0 N–H and O–H groups in total. The van der Waals surface area contributed by atoms with E-state index in [1.807, 2.05) is 4.90 Å². The number of urea groups is 1. The third kappa shape index (κ3) is 7.23. The fourth-order valence-electron chi connectivity index (χ4n) is 6.52. The van der Waals surface area contributed by atoms with Gasteiger partial charge < -0.3 is 14.7 Å². The Morgan fingerprint density at radius 2 is 1.47 bits per heavy atom. The lowest BCUT2D eigenvalue weighted by molar-refractivity contribution is -0.143. The highest BCUT2D eigenvalue weighted by Gasteiger charge is 2.41. The maximum absolute atomic E-state index is 14.1. The average molecular weight is 643 g/mol. The molecular formula is C32H37F7N4O2. The minimum Gasteiger partial charge on any atom is -0.340 e. The monoisotopic (exact) mass is 642 g/mol. The molecule has 2 aromatic rings. The van der Waals surface area contributed by atoms with E-state index in [1.165, 1.54) is 26.1 Å². The van der Waals surface area contributed by atoms with Crippen LogP contribution in [0.4, 0.5) is 35.5 Å². The Kier molecular flexibility index (Phi) is 9.14. The lowest BCUT2D eigenvalue weighted by Crippen LogP contribution is -2.56. The third-order valence-corrected chi connectivity index (χ3v) is 9.46. The first-order chi connectivity index (χ1) is 21.0. The first-order valence-corrected chi connectivity index (χ1v) is 15.2. The Morgan fingerprint density at radius 3 is 2.00 bits per heavy atom. The van der Waals surface area contributed by atoms with Crippen LogP contribution in [0.15, 0.2) is 36.4 Å². The van der Waals surface area contributed by atoms with Gasteiger partial charge in [0.2, 0.25) is 5.91 Å². The summed E-state index contributed by atoms with van der Waals surface area (Å²) >= 11 is 0. The molecule has 1 saturated carbocycles. The van der Waals surface area contributed by atoms with Gasteiger partial charge in [-0.2, -0.15) is 26.3 Å². The normalized spacial score (nSPS) is 22.4. The molecule has 5 rings (SSSR count). The summed E-state index contributed by atoms with van der Waals surface area (Å²) in [5.41, 5.74) is -1.84. The van der Waals surface area contributed by atoms with Crippen LogP contribution in [0, 0.1) is 18.7 Å². The van der Waals surface area contributed by atoms with Gasteiger partial charge in [-0.15, -0.1) is 0 Å². The van der Waals surface area contributed by atoms with Crippen molar-refractivity contribution in [2.75, 3.05) is 39.8 Å². The number of likely N-dealkylation sites (tertiary alicyclic amines) is 1. The molecule has 3 fully saturated rings. The standard InChI is InChI=1S/C32H37F7N4O2/c1-19-14-25(33)6-7-27(19)28-18-26(41-10-12-42(13-11-41)29(44)21-4-5-21)8-9-43(28)30(45)40(3)20(2)22-15-23(31(34,35)36)17-24(16-22)32(37,38)39/h6-7,14-17,20-21,26,28H,4-5,8-13,18H2,1-3H3/t20-,26+,28-/m1/s1. The van der Waals surface area contributed by atoms with Crippen LogP contribution in [0.5, 0.6) is 0 Å². The second kappa shape index (κ2) is 12.4. The van der Waals surface area contributed by atoms with Crippen molar-refractivity contribution in [2.24, 2.45) is 5.92 Å². The van der Waals surface area contributed by atoms with Crippen molar-refractivity contribution >= 4 is 11.9 Å². The predicted octanol–water partition coefficient (Wildman–Crippen LogP) is 7.04. The van der Waals surface area contributed by atoms with Gasteiger partial charge in [0.1, 0.15) is 5.82 Å². The number of carbonyl (C=O) groups excluding carboxylic acids is 2. The van der Waals surface area contributed by atoms with Gasteiger partial charge in [-0.05, 0) is 86.6 Å². The van der Waals surface area contributed by atoms with E-state index in [1.54, 1.807) is 17.9 Å². The van der Waals surface area contributed by atoms with Crippen LogP contribution >= 0.6 is 0 Å². The number of halogens is 7. The highest BCUT2D eigenvalue weighted by molar-refractivity contribution is 5.81.